The van der Waals surface area contributed by atoms with Crippen LogP contribution >= 0.6 is 0 Å². The number of ether oxygens (including phenoxy) is 2. The molecule has 1 heterocycles. The van der Waals surface area contributed by atoms with Gasteiger partial charge in [-0.25, -0.2) is 4.79 Å². The summed E-state index contributed by atoms with van der Waals surface area (Å²) in [4.78, 5) is 24.5. The molecule has 0 aromatic carbocycles. The van der Waals surface area contributed by atoms with Crippen molar-refractivity contribution in [1.29, 1.82) is 0 Å². The average molecular weight is 271 g/mol. The van der Waals surface area contributed by atoms with Gasteiger partial charge in [-0.1, -0.05) is 0 Å². The maximum Gasteiger partial charge on any atom is 0.410 e. The Balaban J connectivity index is 2.63. The van der Waals surface area contributed by atoms with Gasteiger partial charge in [0.25, 0.3) is 0 Å². The second kappa shape index (κ2) is 6.37. The molecule has 0 aromatic rings. The van der Waals surface area contributed by atoms with E-state index in [1.807, 2.05) is 20.8 Å². The Hall–Kier alpha value is -1.10. The monoisotopic (exact) mass is 271 g/mol. The first-order valence-corrected chi connectivity index (χ1v) is 6.79. The Kier molecular flexibility index (Phi) is 5.35. The van der Waals surface area contributed by atoms with Gasteiger partial charge in [-0.2, -0.15) is 0 Å². The summed E-state index contributed by atoms with van der Waals surface area (Å²) in [5.41, 5.74) is -0.900. The van der Waals surface area contributed by atoms with Crippen molar-refractivity contribution in [1.82, 2.24) is 4.90 Å². The number of hydrogen-bond donors (Lipinski definition) is 0. The number of hydrogen-bond acceptors (Lipinski definition) is 4. The van der Waals surface area contributed by atoms with Crippen molar-refractivity contribution in [2.24, 2.45) is 0 Å². The molecule has 1 atom stereocenters. The summed E-state index contributed by atoms with van der Waals surface area (Å²) in [5.74, 6) is 0. The fourth-order valence-corrected chi connectivity index (χ4v) is 2.32. The van der Waals surface area contributed by atoms with E-state index in [0.717, 1.165) is 19.1 Å². The molecule has 5 heteroatoms. The molecule has 1 amide bonds. The van der Waals surface area contributed by atoms with Crippen LogP contribution in [0.15, 0.2) is 0 Å². The summed E-state index contributed by atoms with van der Waals surface area (Å²) >= 11 is 0. The highest BCUT2D eigenvalue weighted by molar-refractivity contribution is 5.68. The van der Waals surface area contributed by atoms with Gasteiger partial charge in [0, 0.05) is 26.6 Å². The van der Waals surface area contributed by atoms with Crippen LogP contribution in [0.25, 0.3) is 0 Å². The minimum atomic E-state index is -0.482. The first-order valence-electron chi connectivity index (χ1n) is 6.79. The molecule has 0 bridgehead atoms. The lowest BCUT2D eigenvalue weighted by atomic mass is 9.91. The van der Waals surface area contributed by atoms with E-state index in [2.05, 4.69) is 0 Å². The molecule has 0 spiro atoms. The third-order valence-electron chi connectivity index (χ3n) is 3.44. The molecule has 5 nitrogen and oxygen atoms in total. The quantitative estimate of drug-likeness (QED) is 0.740. The number of nitrogens with zero attached hydrogens (tertiary/aromatic N) is 1. The Labute approximate surface area is 115 Å². The zero-order valence-corrected chi connectivity index (χ0v) is 12.4. The van der Waals surface area contributed by atoms with Crippen LogP contribution < -0.4 is 0 Å². The van der Waals surface area contributed by atoms with E-state index in [1.54, 1.807) is 12.0 Å². The highest BCUT2D eigenvalue weighted by Gasteiger charge is 2.34. The molecule has 0 saturated carbocycles. The Morgan fingerprint density at radius 2 is 2.00 bits per heavy atom. The van der Waals surface area contributed by atoms with Crippen molar-refractivity contribution < 1.29 is 19.1 Å². The number of amides is 1. The summed E-state index contributed by atoms with van der Waals surface area (Å²) < 4.78 is 10.9. The Morgan fingerprint density at radius 3 is 2.53 bits per heavy atom. The van der Waals surface area contributed by atoms with Crippen LogP contribution in [-0.2, 0) is 14.3 Å². The number of carbonyl (C=O) groups is 2. The van der Waals surface area contributed by atoms with Gasteiger partial charge < -0.3 is 19.2 Å². The Morgan fingerprint density at radius 1 is 1.32 bits per heavy atom. The largest absolute Gasteiger partial charge is 0.444 e. The minimum absolute atomic E-state index is 0.287. The van der Waals surface area contributed by atoms with Crippen molar-refractivity contribution in [3.63, 3.8) is 0 Å². The minimum Gasteiger partial charge on any atom is -0.444 e. The second-order valence-corrected chi connectivity index (χ2v) is 6.08. The van der Waals surface area contributed by atoms with E-state index in [-0.39, 0.29) is 6.09 Å². The standard InChI is InChI=1S/C14H25NO4/c1-13(2,3)19-12(17)15-9-5-6-14(18-4,7-10-15)8-11-16/h11H,5-10H2,1-4H3. The number of rotatable bonds is 3. The fourth-order valence-electron chi connectivity index (χ4n) is 2.32. The number of aldehydes is 1. The van der Waals surface area contributed by atoms with Gasteiger partial charge in [0.1, 0.15) is 11.9 Å². The first kappa shape index (κ1) is 16.0. The molecule has 19 heavy (non-hydrogen) atoms. The van der Waals surface area contributed by atoms with E-state index in [1.165, 1.54) is 0 Å². The lowest BCUT2D eigenvalue weighted by molar-refractivity contribution is -0.114. The van der Waals surface area contributed by atoms with Gasteiger partial charge in [-0.05, 0) is 40.0 Å². The van der Waals surface area contributed by atoms with E-state index in [4.69, 9.17) is 9.47 Å². The van der Waals surface area contributed by atoms with E-state index >= 15 is 0 Å². The van der Waals surface area contributed by atoms with Gasteiger partial charge in [-0.3, -0.25) is 0 Å². The molecule has 0 radical (unpaired) electrons. The molecule has 1 aliphatic heterocycles. The number of likely N-dealkylation sites (tertiary alicyclic amines) is 1. The molecular weight excluding hydrogens is 246 g/mol. The third kappa shape index (κ3) is 4.82. The average Bonchev–Trinajstić information content (AvgIpc) is 2.51. The van der Waals surface area contributed by atoms with Crippen LogP contribution in [0.3, 0.4) is 0 Å². The van der Waals surface area contributed by atoms with Crippen molar-refractivity contribution in [3.05, 3.63) is 0 Å². The molecule has 0 N–H and O–H groups in total. The highest BCUT2D eigenvalue weighted by Crippen LogP contribution is 2.29. The van der Waals surface area contributed by atoms with Gasteiger partial charge >= 0.3 is 6.09 Å². The van der Waals surface area contributed by atoms with Gasteiger partial charge in [0.2, 0.25) is 0 Å². The lowest BCUT2D eigenvalue weighted by Gasteiger charge is -2.30. The van der Waals surface area contributed by atoms with Crippen LogP contribution in [0.2, 0.25) is 0 Å². The molecule has 1 saturated heterocycles. The van der Waals surface area contributed by atoms with Crippen LogP contribution in [-0.4, -0.2) is 48.7 Å². The molecule has 0 aromatic heterocycles. The lowest BCUT2D eigenvalue weighted by Crippen LogP contribution is -2.39. The smallest absolute Gasteiger partial charge is 0.410 e. The van der Waals surface area contributed by atoms with E-state index in [0.29, 0.717) is 25.9 Å². The van der Waals surface area contributed by atoms with E-state index in [9.17, 15) is 9.59 Å². The Bertz CT molecular complexity index is 324. The summed E-state index contributed by atoms with van der Waals surface area (Å²) in [6, 6.07) is 0. The first-order chi connectivity index (χ1) is 8.82. The van der Waals surface area contributed by atoms with Gasteiger partial charge in [-0.15, -0.1) is 0 Å². The molecular formula is C14H25NO4. The van der Waals surface area contributed by atoms with Crippen molar-refractivity contribution >= 4 is 12.4 Å². The summed E-state index contributed by atoms with van der Waals surface area (Å²) in [6.07, 6.45) is 3.27. The zero-order chi connectivity index (χ0) is 14.5. The van der Waals surface area contributed by atoms with Crippen LogP contribution in [0.1, 0.15) is 46.5 Å². The normalized spacial score (nSPS) is 24.7. The highest BCUT2D eigenvalue weighted by atomic mass is 16.6. The van der Waals surface area contributed by atoms with Gasteiger partial charge in [0.05, 0.1) is 5.60 Å². The van der Waals surface area contributed by atoms with Crippen molar-refractivity contribution in [2.75, 3.05) is 20.2 Å². The molecule has 0 aliphatic carbocycles. The SMILES string of the molecule is COC1(CC=O)CCCN(C(=O)OC(C)(C)C)CC1. The predicted octanol–water partition coefficient (Wildman–Crippen LogP) is 2.38. The molecule has 1 aliphatic rings. The van der Waals surface area contributed by atoms with Crippen LogP contribution in [0.5, 0.6) is 0 Å². The summed E-state index contributed by atoms with van der Waals surface area (Å²) in [6.45, 7) is 6.78. The topological polar surface area (TPSA) is 55.8 Å². The van der Waals surface area contributed by atoms with E-state index < -0.39 is 11.2 Å². The third-order valence-corrected chi connectivity index (χ3v) is 3.44. The summed E-state index contributed by atoms with van der Waals surface area (Å²) in [7, 11) is 1.63. The maximum atomic E-state index is 12.0. The number of methoxy groups -OCH3 is 1. The molecule has 1 rings (SSSR count). The number of carbonyl (C=O) groups excluding carboxylic acids is 2. The van der Waals surface area contributed by atoms with Gasteiger partial charge in [0.15, 0.2) is 0 Å². The van der Waals surface area contributed by atoms with Crippen molar-refractivity contribution in [2.45, 2.75) is 57.7 Å². The predicted molar refractivity (Wildman–Crippen MR) is 72.1 cm³/mol. The molecule has 110 valence electrons. The zero-order valence-electron chi connectivity index (χ0n) is 12.4. The summed E-state index contributed by atoms with van der Waals surface area (Å²) in [5, 5.41) is 0. The van der Waals surface area contributed by atoms with Crippen LogP contribution in [0, 0.1) is 0 Å². The fraction of sp³-hybridized carbons (Fsp3) is 0.857. The molecule has 1 fully saturated rings. The molecule has 1 unspecified atom stereocenters. The maximum absolute atomic E-state index is 12.0. The second-order valence-electron chi connectivity index (χ2n) is 6.08. The van der Waals surface area contributed by atoms with Crippen LogP contribution in [0.4, 0.5) is 4.79 Å². The van der Waals surface area contributed by atoms with Crippen molar-refractivity contribution in [3.8, 4) is 0 Å².